The van der Waals surface area contributed by atoms with E-state index in [1.165, 1.54) is 24.3 Å². The number of non-ortho nitro benzene ring substituents is 1. The number of carboxylic acid groups (broad SMARTS) is 1. The van der Waals surface area contributed by atoms with Crippen LogP contribution in [0.2, 0.25) is 0 Å². The first-order chi connectivity index (χ1) is 6.65. The molecule has 0 saturated carbocycles. The van der Waals surface area contributed by atoms with Gasteiger partial charge in [0.1, 0.15) is 0 Å². The SMILES string of the molecule is O=CO.O=[N+]([O-])c1ccc(CO)cc1. The van der Waals surface area contributed by atoms with Gasteiger partial charge in [0, 0.05) is 12.1 Å². The third kappa shape index (κ3) is 4.17. The van der Waals surface area contributed by atoms with E-state index in [0.29, 0.717) is 5.56 Å². The van der Waals surface area contributed by atoms with Crippen molar-refractivity contribution in [2.45, 2.75) is 6.61 Å². The van der Waals surface area contributed by atoms with Crippen molar-refractivity contribution in [2.24, 2.45) is 0 Å². The molecule has 0 aromatic heterocycles. The van der Waals surface area contributed by atoms with Gasteiger partial charge < -0.3 is 10.2 Å². The maximum Gasteiger partial charge on any atom is 0.290 e. The van der Waals surface area contributed by atoms with Crippen molar-refractivity contribution >= 4 is 12.2 Å². The monoisotopic (exact) mass is 199 g/mol. The molecule has 0 radical (unpaired) electrons. The number of nitro groups is 1. The molecule has 2 N–H and O–H groups in total. The summed E-state index contributed by atoms with van der Waals surface area (Å²) < 4.78 is 0. The summed E-state index contributed by atoms with van der Waals surface area (Å²) in [7, 11) is 0. The summed E-state index contributed by atoms with van der Waals surface area (Å²) in [5.41, 5.74) is 0.720. The smallest absolute Gasteiger partial charge is 0.290 e. The first-order valence-electron chi connectivity index (χ1n) is 3.57. The zero-order valence-electron chi connectivity index (χ0n) is 7.16. The van der Waals surface area contributed by atoms with Crippen molar-refractivity contribution in [3.05, 3.63) is 39.9 Å². The lowest BCUT2D eigenvalue weighted by Crippen LogP contribution is -1.88. The average Bonchev–Trinajstić information content (AvgIpc) is 2.19. The van der Waals surface area contributed by atoms with Gasteiger partial charge in [-0.25, -0.2) is 0 Å². The summed E-state index contributed by atoms with van der Waals surface area (Å²) in [6, 6.07) is 5.79. The van der Waals surface area contributed by atoms with Crippen LogP contribution in [0.5, 0.6) is 0 Å². The minimum Gasteiger partial charge on any atom is -0.483 e. The van der Waals surface area contributed by atoms with Crippen LogP contribution in [0.4, 0.5) is 5.69 Å². The Morgan fingerprint density at radius 1 is 1.36 bits per heavy atom. The normalized spacial score (nSPS) is 8.36. The van der Waals surface area contributed by atoms with Crippen LogP contribution < -0.4 is 0 Å². The van der Waals surface area contributed by atoms with Crippen molar-refractivity contribution < 1.29 is 19.9 Å². The highest BCUT2D eigenvalue weighted by Crippen LogP contribution is 2.11. The van der Waals surface area contributed by atoms with Crippen molar-refractivity contribution in [2.75, 3.05) is 0 Å². The highest BCUT2D eigenvalue weighted by atomic mass is 16.6. The van der Waals surface area contributed by atoms with E-state index in [9.17, 15) is 10.1 Å². The average molecular weight is 199 g/mol. The molecule has 0 atom stereocenters. The molecule has 0 fully saturated rings. The molecule has 0 saturated heterocycles. The van der Waals surface area contributed by atoms with E-state index < -0.39 is 4.92 Å². The van der Waals surface area contributed by atoms with Gasteiger partial charge >= 0.3 is 0 Å². The molecule has 0 spiro atoms. The number of benzene rings is 1. The quantitative estimate of drug-likeness (QED) is 0.416. The molecule has 1 aromatic rings. The highest BCUT2D eigenvalue weighted by molar-refractivity contribution is 5.33. The van der Waals surface area contributed by atoms with Crippen molar-refractivity contribution in [1.82, 2.24) is 0 Å². The molecular formula is C8H9NO5. The number of aliphatic hydroxyl groups excluding tert-OH is 1. The van der Waals surface area contributed by atoms with Crippen LogP contribution in [-0.4, -0.2) is 21.6 Å². The van der Waals surface area contributed by atoms with Crippen LogP contribution in [0.3, 0.4) is 0 Å². The summed E-state index contributed by atoms with van der Waals surface area (Å²) in [6.07, 6.45) is 0. The van der Waals surface area contributed by atoms with E-state index in [2.05, 4.69) is 0 Å². The number of hydrogen-bond acceptors (Lipinski definition) is 4. The van der Waals surface area contributed by atoms with Crippen molar-refractivity contribution in [3.63, 3.8) is 0 Å². The van der Waals surface area contributed by atoms with Crippen molar-refractivity contribution in [3.8, 4) is 0 Å². The number of aliphatic hydroxyl groups is 1. The highest BCUT2D eigenvalue weighted by Gasteiger charge is 2.02. The standard InChI is InChI=1S/C7H7NO3.CH2O2/c9-5-6-1-3-7(4-2-6)8(10)11;2-1-3/h1-4,9H,5H2;1H,(H,2,3). The topological polar surface area (TPSA) is 101 Å². The first kappa shape index (κ1) is 12.0. The lowest BCUT2D eigenvalue weighted by atomic mass is 10.2. The predicted molar refractivity (Wildman–Crippen MR) is 47.7 cm³/mol. The van der Waals surface area contributed by atoms with E-state index in [4.69, 9.17) is 15.0 Å². The molecule has 0 heterocycles. The van der Waals surface area contributed by atoms with Gasteiger partial charge in [0.2, 0.25) is 0 Å². The lowest BCUT2D eigenvalue weighted by Gasteiger charge is -1.93. The Kier molecular flexibility index (Phi) is 5.64. The fourth-order valence-corrected chi connectivity index (χ4v) is 0.723. The van der Waals surface area contributed by atoms with Gasteiger partial charge in [-0.05, 0) is 17.7 Å². The molecule has 76 valence electrons. The maximum absolute atomic E-state index is 10.1. The zero-order chi connectivity index (χ0) is 11.0. The second-order valence-corrected chi connectivity index (χ2v) is 2.19. The second kappa shape index (κ2) is 6.55. The summed E-state index contributed by atoms with van der Waals surface area (Å²) in [5, 5.41) is 25.6. The molecule has 1 rings (SSSR count). The summed E-state index contributed by atoms with van der Waals surface area (Å²) >= 11 is 0. The number of carbonyl (C=O) groups is 1. The summed E-state index contributed by atoms with van der Waals surface area (Å²) in [6.45, 7) is -0.335. The molecule has 0 bridgehead atoms. The van der Waals surface area contributed by atoms with E-state index in [-0.39, 0.29) is 18.8 Å². The Hall–Kier alpha value is -1.95. The van der Waals surface area contributed by atoms with E-state index in [1.807, 2.05) is 0 Å². The van der Waals surface area contributed by atoms with Crippen LogP contribution in [0.25, 0.3) is 0 Å². The Morgan fingerprint density at radius 3 is 2.07 bits per heavy atom. The Bertz CT molecular complexity index is 295. The van der Waals surface area contributed by atoms with Crippen LogP contribution in [0, 0.1) is 10.1 Å². The number of nitrogens with zero attached hydrogens (tertiary/aromatic N) is 1. The van der Waals surface area contributed by atoms with Crippen LogP contribution in [0.1, 0.15) is 5.56 Å². The maximum atomic E-state index is 10.1. The van der Waals surface area contributed by atoms with Gasteiger partial charge in [-0.15, -0.1) is 0 Å². The molecule has 6 heteroatoms. The third-order valence-corrected chi connectivity index (χ3v) is 1.33. The minimum absolute atomic E-state index is 0.0437. The molecule has 6 nitrogen and oxygen atoms in total. The van der Waals surface area contributed by atoms with Gasteiger partial charge in [0.15, 0.2) is 0 Å². The van der Waals surface area contributed by atoms with Gasteiger partial charge in [-0.2, -0.15) is 0 Å². The van der Waals surface area contributed by atoms with Gasteiger partial charge in [0.05, 0.1) is 11.5 Å². The van der Waals surface area contributed by atoms with Crippen molar-refractivity contribution in [1.29, 1.82) is 0 Å². The Morgan fingerprint density at radius 2 is 1.79 bits per heavy atom. The first-order valence-corrected chi connectivity index (χ1v) is 3.57. The molecule has 1 aromatic carbocycles. The zero-order valence-corrected chi connectivity index (χ0v) is 7.16. The number of rotatable bonds is 2. The number of nitro benzene ring substituents is 1. The van der Waals surface area contributed by atoms with Crippen LogP contribution >= 0.6 is 0 Å². The molecule has 0 aliphatic heterocycles. The van der Waals surface area contributed by atoms with Crippen LogP contribution in [0.15, 0.2) is 24.3 Å². The third-order valence-electron chi connectivity index (χ3n) is 1.33. The molecule has 0 unspecified atom stereocenters. The summed E-state index contributed by atoms with van der Waals surface area (Å²) in [4.78, 5) is 18.0. The molecule has 0 amide bonds. The van der Waals surface area contributed by atoms with Crippen LogP contribution in [-0.2, 0) is 11.4 Å². The van der Waals surface area contributed by atoms with Gasteiger partial charge in [0.25, 0.3) is 12.2 Å². The van der Waals surface area contributed by atoms with E-state index in [1.54, 1.807) is 0 Å². The molecule has 14 heavy (non-hydrogen) atoms. The van der Waals surface area contributed by atoms with E-state index in [0.717, 1.165) is 0 Å². The minimum atomic E-state index is -0.471. The fourth-order valence-electron chi connectivity index (χ4n) is 0.723. The number of hydrogen-bond donors (Lipinski definition) is 2. The molecule has 0 aliphatic carbocycles. The van der Waals surface area contributed by atoms with Gasteiger partial charge in [-0.1, -0.05) is 0 Å². The fraction of sp³-hybridized carbons (Fsp3) is 0.125. The summed E-state index contributed by atoms with van der Waals surface area (Å²) in [5.74, 6) is 0. The Balaban J connectivity index is 0.000000500. The lowest BCUT2D eigenvalue weighted by molar-refractivity contribution is -0.384. The molecular weight excluding hydrogens is 190 g/mol. The van der Waals surface area contributed by atoms with E-state index >= 15 is 0 Å². The predicted octanol–water partition coefficient (Wildman–Crippen LogP) is 0.788. The largest absolute Gasteiger partial charge is 0.483 e. The Labute approximate surface area is 79.6 Å². The van der Waals surface area contributed by atoms with Gasteiger partial charge in [-0.3, -0.25) is 14.9 Å². The second-order valence-electron chi connectivity index (χ2n) is 2.19. The molecule has 0 aliphatic rings.